The van der Waals surface area contributed by atoms with E-state index in [0.29, 0.717) is 6.61 Å². The van der Waals surface area contributed by atoms with Gasteiger partial charge < -0.3 is 15.2 Å². The fraction of sp³-hybridized carbons (Fsp3) is 0.250. The molecule has 0 amide bonds. The zero-order valence-corrected chi connectivity index (χ0v) is 13.2. The first-order valence-corrected chi connectivity index (χ1v) is 7.26. The Labute approximate surface area is 127 Å². The number of halogens is 1. The fourth-order valence-electron chi connectivity index (χ4n) is 2.09. The number of hydrogen-bond donors (Lipinski definition) is 1. The number of ether oxygens (including phenoxy) is 2. The summed E-state index contributed by atoms with van der Waals surface area (Å²) in [5, 5.41) is 0. The summed E-state index contributed by atoms with van der Waals surface area (Å²) in [7, 11) is 1.65. The molecule has 2 N–H and O–H groups in total. The second-order valence-electron chi connectivity index (χ2n) is 4.37. The van der Waals surface area contributed by atoms with Crippen molar-refractivity contribution in [3.8, 4) is 11.5 Å². The van der Waals surface area contributed by atoms with Crippen molar-refractivity contribution in [3.05, 3.63) is 58.1 Å². The third-order valence-electron chi connectivity index (χ3n) is 3.06. The molecule has 0 spiro atoms. The maximum atomic E-state index is 6.36. The van der Waals surface area contributed by atoms with E-state index in [9.17, 15) is 0 Å². The summed E-state index contributed by atoms with van der Waals surface area (Å²) < 4.78 is 11.9. The van der Waals surface area contributed by atoms with Crippen LogP contribution in [-0.4, -0.2) is 13.7 Å². The highest BCUT2D eigenvalue weighted by molar-refractivity contribution is 9.10. The second kappa shape index (κ2) is 6.77. The van der Waals surface area contributed by atoms with Crippen LogP contribution in [0, 0.1) is 0 Å². The van der Waals surface area contributed by atoms with Crippen LogP contribution in [0.3, 0.4) is 0 Å². The van der Waals surface area contributed by atoms with Crippen LogP contribution in [0.2, 0.25) is 0 Å². The van der Waals surface area contributed by atoms with E-state index in [4.69, 9.17) is 15.2 Å². The van der Waals surface area contributed by atoms with Crippen LogP contribution in [0.15, 0.2) is 46.9 Å². The van der Waals surface area contributed by atoms with E-state index < -0.39 is 0 Å². The summed E-state index contributed by atoms with van der Waals surface area (Å²) in [4.78, 5) is 0. The maximum absolute atomic E-state index is 6.36. The molecule has 0 aliphatic heterocycles. The van der Waals surface area contributed by atoms with Crippen molar-refractivity contribution in [2.45, 2.75) is 13.0 Å². The Kier molecular flexibility index (Phi) is 5.04. The lowest BCUT2D eigenvalue weighted by Gasteiger charge is -2.17. The van der Waals surface area contributed by atoms with E-state index in [1.807, 2.05) is 49.4 Å². The lowest BCUT2D eigenvalue weighted by molar-refractivity contribution is 0.339. The molecule has 3 nitrogen and oxygen atoms in total. The van der Waals surface area contributed by atoms with Gasteiger partial charge in [0.25, 0.3) is 0 Å². The van der Waals surface area contributed by atoms with Gasteiger partial charge in [0.05, 0.1) is 19.8 Å². The average molecular weight is 336 g/mol. The van der Waals surface area contributed by atoms with Gasteiger partial charge >= 0.3 is 0 Å². The van der Waals surface area contributed by atoms with Crippen molar-refractivity contribution in [1.82, 2.24) is 0 Å². The van der Waals surface area contributed by atoms with Crippen molar-refractivity contribution < 1.29 is 9.47 Å². The Hall–Kier alpha value is -1.52. The lowest BCUT2D eigenvalue weighted by atomic mass is 9.98. The zero-order valence-electron chi connectivity index (χ0n) is 11.6. The second-order valence-corrected chi connectivity index (χ2v) is 5.29. The van der Waals surface area contributed by atoms with Crippen LogP contribution in [0.4, 0.5) is 0 Å². The first-order valence-electron chi connectivity index (χ1n) is 6.47. The van der Waals surface area contributed by atoms with Gasteiger partial charge in [-0.2, -0.15) is 0 Å². The molecule has 0 heterocycles. The lowest BCUT2D eigenvalue weighted by Crippen LogP contribution is -2.13. The van der Waals surface area contributed by atoms with Gasteiger partial charge in [-0.3, -0.25) is 0 Å². The molecule has 0 aromatic heterocycles. The van der Waals surface area contributed by atoms with Gasteiger partial charge in [0.1, 0.15) is 11.5 Å². The molecule has 0 bridgehead atoms. The molecule has 0 fully saturated rings. The quantitative estimate of drug-likeness (QED) is 0.900. The summed E-state index contributed by atoms with van der Waals surface area (Å²) in [5.74, 6) is 1.60. The van der Waals surface area contributed by atoms with Crippen molar-refractivity contribution in [3.63, 3.8) is 0 Å². The monoisotopic (exact) mass is 335 g/mol. The molecule has 0 radical (unpaired) electrons. The molecule has 1 atom stereocenters. The van der Waals surface area contributed by atoms with Gasteiger partial charge in [0.2, 0.25) is 0 Å². The number of methoxy groups -OCH3 is 1. The van der Waals surface area contributed by atoms with E-state index in [0.717, 1.165) is 27.1 Å². The van der Waals surface area contributed by atoms with Crippen LogP contribution in [0.5, 0.6) is 11.5 Å². The van der Waals surface area contributed by atoms with Crippen LogP contribution in [-0.2, 0) is 0 Å². The molecule has 20 heavy (non-hydrogen) atoms. The Bertz CT molecular complexity index is 586. The standard InChI is InChI=1S/C16H18BrNO2/c1-3-20-13-6-4-5-11(9-13)16(18)14-8-7-12(17)10-15(14)19-2/h4-10,16H,3,18H2,1-2H3. The van der Waals surface area contributed by atoms with Gasteiger partial charge in [0.15, 0.2) is 0 Å². The first kappa shape index (κ1) is 14.9. The summed E-state index contributed by atoms with van der Waals surface area (Å²) in [5.41, 5.74) is 8.30. The van der Waals surface area contributed by atoms with Crippen molar-refractivity contribution in [2.24, 2.45) is 5.73 Å². The van der Waals surface area contributed by atoms with Crippen molar-refractivity contribution in [1.29, 1.82) is 0 Å². The number of nitrogens with two attached hydrogens (primary N) is 1. The Balaban J connectivity index is 2.35. The van der Waals surface area contributed by atoms with Crippen LogP contribution in [0.25, 0.3) is 0 Å². The molecule has 0 saturated carbocycles. The topological polar surface area (TPSA) is 44.5 Å². The van der Waals surface area contributed by atoms with E-state index in [2.05, 4.69) is 15.9 Å². The number of benzene rings is 2. The van der Waals surface area contributed by atoms with E-state index in [-0.39, 0.29) is 6.04 Å². The summed E-state index contributed by atoms with van der Waals surface area (Å²) in [6.07, 6.45) is 0. The number of hydrogen-bond acceptors (Lipinski definition) is 3. The fourth-order valence-corrected chi connectivity index (χ4v) is 2.43. The van der Waals surface area contributed by atoms with E-state index in [1.54, 1.807) is 7.11 Å². The van der Waals surface area contributed by atoms with Gasteiger partial charge in [-0.05, 0) is 36.8 Å². The smallest absolute Gasteiger partial charge is 0.125 e. The van der Waals surface area contributed by atoms with Crippen molar-refractivity contribution in [2.75, 3.05) is 13.7 Å². The highest BCUT2D eigenvalue weighted by Crippen LogP contribution is 2.31. The molecule has 0 aliphatic rings. The van der Waals surface area contributed by atoms with Crippen molar-refractivity contribution >= 4 is 15.9 Å². The minimum atomic E-state index is -0.251. The molecule has 4 heteroatoms. The van der Waals surface area contributed by atoms with E-state index in [1.165, 1.54) is 0 Å². The van der Waals surface area contributed by atoms with Gasteiger partial charge in [-0.25, -0.2) is 0 Å². The minimum absolute atomic E-state index is 0.251. The van der Waals surface area contributed by atoms with Crippen LogP contribution >= 0.6 is 15.9 Å². The molecule has 2 aromatic rings. The maximum Gasteiger partial charge on any atom is 0.125 e. The molecular formula is C16H18BrNO2. The highest BCUT2D eigenvalue weighted by atomic mass is 79.9. The van der Waals surface area contributed by atoms with Gasteiger partial charge in [-0.1, -0.05) is 34.1 Å². The normalized spacial score (nSPS) is 12.0. The minimum Gasteiger partial charge on any atom is -0.496 e. The Morgan fingerprint density at radius 3 is 2.70 bits per heavy atom. The van der Waals surface area contributed by atoms with Gasteiger partial charge in [-0.15, -0.1) is 0 Å². The summed E-state index contributed by atoms with van der Waals surface area (Å²) in [6, 6.07) is 13.4. The van der Waals surface area contributed by atoms with Crippen LogP contribution in [0.1, 0.15) is 24.1 Å². The third-order valence-corrected chi connectivity index (χ3v) is 3.55. The average Bonchev–Trinajstić information content (AvgIpc) is 2.47. The third kappa shape index (κ3) is 3.32. The Morgan fingerprint density at radius 2 is 2.00 bits per heavy atom. The number of rotatable bonds is 5. The highest BCUT2D eigenvalue weighted by Gasteiger charge is 2.15. The Morgan fingerprint density at radius 1 is 1.20 bits per heavy atom. The molecule has 2 rings (SSSR count). The predicted octanol–water partition coefficient (Wildman–Crippen LogP) is 3.90. The molecular weight excluding hydrogens is 318 g/mol. The molecule has 2 aromatic carbocycles. The summed E-state index contributed by atoms with van der Waals surface area (Å²) in [6.45, 7) is 2.60. The molecule has 106 valence electrons. The summed E-state index contributed by atoms with van der Waals surface area (Å²) >= 11 is 3.43. The van der Waals surface area contributed by atoms with Crippen LogP contribution < -0.4 is 15.2 Å². The molecule has 1 unspecified atom stereocenters. The van der Waals surface area contributed by atoms with Gasteiger partial charge in [0, 0.05) is 10.0 Å². The zero-order chi connectivity index (χ0) is 14.5. The van der Waals surface area contributed by atoms with E-state index >= 15 is 0 Å². The first-order chi connectivity index (χ1) is 9.65. The SMILES string of the molecule is CCOc1cccc(C(N)c2ccc(Br)cc2OC)c1. The molecule has 0 aliphatic carbocycles. The largest absolute Gasteiger partial charge is 0.496 e. The molecule has 0 saturated heterocycles. The predicted molar refractivity (Wildman–Crippen MR) is 84.3 cm³/mol.